The van der Waals surface area contributed by atoms with Crippen LogP contribution in [-0.2, 0) is 23.9 Å². The number of ether oxygens (including phenoxy) is 2. The Morgan fingerprint density at radius 3 is 2.21 bits per heavy atom. The van der Waals surface area contributed by atoms with E-state index in [4.69, 9.17) is 14.6 Å². The zero-order valence-electron chi connectivity index (χ0n) is 18.0. The van der Waals surface area contributed by atoms with Gasteiger partial charge >= 0.3 is 12.1 Å². The number of aliphatic carboxylic acids is 1. The lowest BCUT2D eigenvalue weighted by Crippen LogP contribution is -2.54. The largest absolute Gasteiger partial charge is 0.479 e. The fourth-order valence-electron chi connectivity index (χ4n) is 4.48. The minimum atomic E-state index is -1.20. The molecule has 1 heterocycles. The van der Waals surface area contributed by atoms with Crippen LogP contribution in [-0.4, -0.2) is 55.0 Å². The minimum absolute atomic E-state index is 0.0680. The predicted molar refractivity (Wildman–Crippen MR) is 117 cm³/mol. The Morgan fingerprint density at radius 1 is 1.00 bits per heavy atom. The number of fused-ring (bicyclic) bond motifs is 3. The van der Waals surface area contributed by atoms with Crippen molar-refractivity contribution in [2.45, 2.75) is 30.7 Å². The third-order valence-electron chi connectivity index (χ3n) is 6.04. The van der Waals surface area contributed by atoms with Crippen molar-refractivity contribution in [3.8, 4) is 11.1 Å². The summed E-state index contributed by atoms with van der Waals surface area (Å²) in [4.78, 5) is 40.2. The molecule has 2 amide bonds. The van der Waals surface area contributed by atoms with Crippen LogP contribution in [0, 0.1) is 0 Å². The van der Waals surface area contributed by atoms with E-state index < -0.39 is 30.1 Å². The van der Waals surface area contributed by atoms with Gasteiger partial charge in [0.25, 0.3) is 0 Å². The molecule has 0 radical (unpaired) electrons. The molecule has 0 saturated carbocycles. The number of hydrogen-bond donors (Lipinski definition) is 3. The van der Waals surface area contributed by atoms with Gasteiger partial charge in [0.15, 0.2) is 6.61 Å². The van der Waals surface area contributed by atoms with Crippen molar-refractivity contribution in [2.24, 2.45) is 0 Å². The molecule has 9 heteroatoms. The number of carbonyl (C=O) groups is 3. The standard InChI is InChI=1S/C24H26N2O7/c27-21(26-33-15-22(28)29)13-24(9-11-31-12-10-24)25-23(30)32-14-20-18-7-3-1-5-16(18)17-6-2-4-8-19(17)20/h1-8,20H,9-15H2,(H,25,30)(H,26,27)(H,28,29). The van der Waals surface area contributed by atoms with E-state index >= 15 is 0 Å². The van der Waals surface area contributed by atoms with Gasteiger partial charge in [0.05, 0.1) is 12.0 Å². The van der Waals surface area contributed by atoms with Crippen molar-refractivity contribution >= 4 is 18.0 Å². The Balaban J connectivity index is 1.39. The fourth-order valence-corrected chi connectivity index (χ4v) is 4.48. The third kappa shape index (κ3) is 5.32. The van der Waals surface area contributed by atoms with E-state index in [2.05, 4.69) is 27.8 Å². The summed E-state index contributed by atoms with van der Waals surface area (Å²) in [5.41, 5.74) is 5.75. The molecule has 0 bridgehead atoms. The highest BCUT2D eigenvalue weighted by atomic mass is 16.7. The molecule has 0 aromatic heterocycles. The van der Waals surface area contributed by atoms with Gasteiger partial charge in [-0.1, -0.05) is 48.5 Å². The fraction of sp³-hybridized carbons (Fsp3) is 0.375. The molecule has 1 aliphatic heterocycles. The van der Waals surface area contributed by atoms with Gasteiger partial charge in [-0.3, -0.25) is 9.63 Å². The lowest BCUT2D eigenvalue weighted by atomic mass is 9.86. The molecule has 0 unspecified atom stereocenters. The molecular formula is C24H26N2O7. The molecule has 2 aromatic rings. The number of nitrogens with one attached hydrogen (secondary N) is 2. The summed E-state index contributed by atoms with van der Waals surface area (Å²) in [5.74, 6) is -1.80. The lowest BCUT2D eigenvalue weighted by Gasteiger charge is -2.37. The lowest BCUT2D eigenvalue weighted by molar-refractivity contribution is -0.149. The van der Waals surface area contributed by atoms with Gasteiger partial charge in [-0.05, 0) is 35.1 Å². The van der Waals surface area contributed by atoms with Crippen LogP contribution in [0.15, 0.2) is 48.5 Å². The van der Waals surface area contributed by atoms with Crippen LogP contribution in [0.3, 0.4) is 0 Å². The smallest absolute Gasteiger partial charge is 0.407 e. The Bertz CT molecular complexity index is 987. The summed E-state index contributed by atoms with van der Waals surface area (Å²) in [6.07, 6.45) is 0.144. The summed E-state index contributed by atoms with van der Waals surface area (Å²) in [5, 5.41) is 11.5. The molecule has 2 aromatic carbocycles. The summed E-state index contributed by atoms with van der Waals surface area (Å²) < 4.78 is 11.0. The quantitative estimate of drug-likeness (QED) is 0.524. The Hall–Kier alpha value is -3.43. The van der Waals surface area contributed by atoms with Crippen LogP contribution >= 0.6 is 0 Å². The van der Waals surface area contributed by atoms with E-state index in [0.29, 0.717) is 26.1 Å². The summed E-state index contributed by atoms with van der Waals surface area (Å²) >= 11 is 0. The minimum Gasteiger partial charge on any atom is -0.479 e. The van der Waals surface area contributed by atoms with Crippen LogP contribution in [0.5, 0.6) is 0 Å². The second-order valence-corrected chi connectivity index (χ2v) is 8.23. The zero-order valence-corrected chi connectivity index (χ0v) is 18.0. The molecule has 174 valence electrons. The SMILES string of the molecule is O=C(O)CONC(=O)CC1(NC(=O)OCC2c3ccccc3-c3ccccc32)CCOCC1. The average molecular weight is 454 g/mol. The first-order valence-electron chi connectivity index (χ1n) is 10.8. The molecule has 0 spiro atoms. The normalized spacial score (nSPS) is 16.4. The van der Waals surface area contributed by atoms with Crippen molar-refractivity contribution < 1.29 is 33.8 Å². The second kappa shape index (κ2) is 10.0. The number of carboxylic acids is 1. The molecule has 0 atom stereocenters. The molecule has 3 N–H and O–H groups in total. The van der Waals surface area contributed by atoms with E-state index in [0.717, 1.165) is 22.3 Å². The van der Waals surface area contributed by atoms with Gasteiger partial charge in [0, 0.05) is 19.1 Å². The molecule has 33 heavy (non-hydrogen) atoms. The molecule has 1 fully saturated rings. The predicted octanol–water partition coefficient (Wildman–Crippen LogP) is 2.60. The molecule has 1 saturated heterocycles. The van der Waals surface area contributed by atoms with Gasteiger partial charge in [-0.25, -0.2) is 15.1 Å². The van der Waals surface area contributed by atoms with Gasteiger partial charge in [-0.2, -0.15) is 0 Å². The number of amides is 2. The summed E-state index contributed by atoms with van der Waals surface area (Å²) in [6, 6.07) is 16.1. The highest BCUT2D eigenvalue weighted by Gasteiger charge is 2.37. The summed E-state index contributed by atoms with van der Waals surface area (Å²) in [6.45, 7) is 0.280. The maximum atomic E-state index is 12.8. The Kier molecular flexibility index (Phi) is 6.90. The van der Waals surface area contributed by atoms with Crippen molar-refractivity contribution in [3.05, 3.63) is 59.7 Å². The van der Waals surface area contributed by atoms with Crippen molar-refractivity contribution in [1.29, 1.82) is 0 Å². The summed E-state index contributed by atoms with van der Waals surface area (Å²) in [7, 11) is 0. The number of carbonyl (C=O) groups excluding carboxylic acids is 2. The first kappa shape index (κ1) is 22.8. The number of carboxylic acid groups (broad SMARTS) is 1. The Morgan fingerprint density at radius 2 is 1.61 bits per heavy atom. The monoisotopic (exact) mass is 454 g/mol. The van der Waals surface area contributed by atoms with E-state index in [9.17, 15) is 14.4 Å². The second-order valence-electron chi connectivity index (χ2n) is 8.23. The van der Waals surface area contributed by atoms with Crippen LogP contribution in [0.4, 0.5) is 4.79 Å². The van der Waals surface area contributed by atoms with Crippen molar-refractivity contribution in [3.63, 3.8) is 0 Å². The number of hydroxylamine groups is 1. The molecule has 2 aliphatic rings. The maximum Gasteiger partial charge on any atom is 0.407 e. The van der Waals surface area contributed by atoms with Gasteiger partial charge in [-0.15, -0.1) is 0 Å². The van der Waals surface area contributed by atoms with E-state index in [1.807, 2.05) is 36.4 Å². The molecular weight excluding hydrogens is 428 g/mol. The van der Waals surface area contributed by atoms with Crippen LogP contribution in [0.25, 0.3) is 11.1 Å². The van der Waals surface area contributed by atoms with Crippen molar-refractivity contribution in [2.75, 3.05) is 26.4 Å². The van der Waals surface area contributed by atoms with Crippen LogP contribution < -0.4 is 10.8 Å². The van der Waals surface area contributed by atoms with Crippen LogP contribution in [0.2, 0.25) is 0 Å². The highest BCUT2D eigenvalue weighted by Crippen LogP contribution is 2.44. The number of rotatable bonds is 8. The first-order chi connectivity index (χ1) is 16.0. The van der Waals surface area contributed by atoms with Crippen molar-refractivity contribution in [1.82, 2.24) is 10.8 Å². The third-order valence-corrected chi connectivity index (χ3v) is 6.04. The van der Waals surface area contributed by atoms with Crippen LogP contribution in [0.1, 0.15) is 36.3 Å². The van der Waals surface area contributed by atoms with E-state index in [1.54, 1.807) is 0 Å². The average Bonchev–Trinajstić information content (AvgIpc) is 3.11. The first-order valence-corrected chi connectivity index (χ1v) is 10.8. The molecule has 4 rings (SSSR count). The highest BCUT2D eigenvalue weighted by molar-refractivity contribution is 5.80. The number of hydrogen-bond acceptors (Lipinski definition) is 6. The van der Waals surface area contributed by atoms with Gasteiger partial charge in [0.2, 0.25) is 5.91 Å². The van der Waals surface area contributed by atoms with Gasteiger partial charge in [0.1, 0.15) is 6.61 Å². The maximum absolute atomic E-state index is 12.8. The topological polar surface area (TPSA) is 123 Å². The Labute approximate surface area is 191 Å². The zero-order chi connectivity index (χ0) is 23.3. The number of benzene rings is 2. The van der Waals surface area contributed by atoms with Gasteiger partial charge < -0.3 is 19.9 Å². The number of alkyl carbamates (subject to hydrolysis) is 1. The molecule has 1 aliphatic carbocycles. The van der Waals surface area contributed by atoms with E-state index in [1.165, 1.54) is 0 Å². The molecule has 9 nitrogen and oxygen atoms in total. The van der Waals surface area contributed by atoms with E-state index in [-0.39, 0.29) is 18.9 Å².